The minimum absolute atomic E-state index is 0. The Kier molecular flexibility index (Phi) is 4.58. The number of nitrogens with zero attached hydrogens (tertiary/aromatic N) is 3. The Balaban J connectivity index is 0.000000490. The molecule has 0 radical (unpaired) electrons. The molecule has 0 aromatic carbocycles. The van der Waals surface area contributed by atoms with Crippen LogP contribution in [0.1, 0.15) is 5.82 Å². The van der Waals surface area contributed by atoms with Gasteiger partial charge in [-0.1, -0.05) is 6.58 Å². The van der Waals surface area contributed by atoms with Crippen molar-refractivity contribution in [3.63, 3.8) is 0 Å². The van der Waals surface area contributed by atoms with Gasteiger partial charge < -0.3 is 0 Å². The average Bonchev–Trinajstić information content (AvgIpc) is 2.14. The van der Waals surface area contributed by atoms with Gasteiger partial charge in [0.15, 0.2) is 5.82 Å². The first kappa shape index (κ1) is 8.45. The van der Waals surface area contributed by atoms with Crippen molar-refractivity contribution in [1.82, 2.24) is 20.6 Å². The molecule has 1 rings (SSSR count). The molecule has 1 aromatic heterocycles. The van der Waals surface area contributed by atoms with Crippen LogP contribution in [0.4, 0.5) is 0 Å². The molecule has 0 aliphatic heterocycles. The van der Waals surface area contributed by atoms with Crippen molar-refractivity contribution in [2.24, 2.45) is 0 Å². The molecule has 0 spiro atoms. The number of aromatic amines is 1. The van der Waals surface area contributed by atoms with Crippen molar-refractivity contribution in [3.05, 3.63) is 12.4 Å². The van der Waals surface area contributed by atoms with Crippen molar-refractivity contribution < 1.29 is 0 Å². The number of hydrogen-bond donors (Lipinski definition) is 1. The third-order valence-electron chi connectivity index (χ3n) is 0.555. The Bertz CT molecular complexity index is 146. The van der Waals surface area contributed by atoms with Crippen LogP contribution in [-0.4, -0.2) is 72.0 Å². The first-order valence-corrected chi connectivity index (χ1v) is 1.79. The molecule has 0 bridgehead atoms. The summed E-state index contributed by atoms with van der Waals surface area (Å²) in [6, 6.07) is 0. The molecule has 0 fully saturated rings. The summed E-state index contributed by atoms with van der Waals surface area (Å²) in [6.45, 7) is 3.43. The van der Waals surface area contributed by atoms with Crippen LogP contribution in [0.2, 0.25) is 0 Å². The van der Waals surface area contributed by atoms with Crippen LogP contribution in [0.5, 0.6) is 0 Å². The van der Waals surface area contributed by atoms with Crippen LogP contribution in [0.15, 0.2) is 6.58 Å². The van der Waals surface area contributed by atoms with Gasteiger partial charge in [0.1, 0.15) is 0 Å². The van der Waals surface area contributed by atoms with E-state index in [0.29, 0.717) is 5.82 Å². The van der Waals surface area contributed by atoms with E-state index in [1.807, 2.05) is 0 Å². The molecule has 0 saturated carbocycles. The molecule has 1 aromatic rings. The zero-order valence-corrected chi connectivity index (χ0v) is 3.63. The van der Waals surface area contributed by atoms with E-state index in [1.54, 1.807) is 6.08 Å². The Hall–Kier alpha value is 0.446. The van der Waals surface area contributed by atoms with Crippen molar-refractivity contribution in [1.29, 1.82) is 0 Å². The van der Waals surface area contributed by atoms with Crippen molar-refractivity contribution in [3.8, 4) is 0 Å². The molecule has 0 amide bonds. The van der Waals surface area contributed by atoms with E-state index >= 15 is 0 Å². The number of tetrazole rings is 1. The van der Waals surface area contributed by atoms with Gasteiger partial charge in [-0.15, -0.1) is 5.10 Å². The minimum atomic E-state index is 0. The topological polar surface area (TPSA) is 54.5 Å². The normalized spacial score (nSPS) is 7.50. The van der Waals surface area contributed by atoms with Gasteiger partial charge in [-0.25, -0.2) is 5.10 Å². The summed E-state index contributed by atoms with van der Waals surface area (Å²) in [4.78, 5) is 0. The number of nitrogens with one attached hydrogen (secondary N) is 1. The van der Waals surface area contributed by atoms with E-state index in [1.165, 1.54) is 0 Å². The van der Waals surface area contributed by atoms with Gasteiger partial charge in [0, 0.05) is 0 Å². The second-order valence-electron chi connectivity index (χ2n) is 0.991. The molecule has 1 heterocycles. The molecule has 0 atom stereocenters. The molecular formula is C3H5KN4. The molecule has 1 N–H and O–H groups in total. The summed E-state index contributed by atoms with van der Waals surface area (Å²) in [6.07, 6.45) is 1.54. The zero-order chi connectivity index (χ0) is 5.11. The monoisotopic (exact) mass is 136 g/mol. The molecule has 38 valence electrons. The third kappa shape index (κ3) is 2.14. The van der Waals surface area contributed by atoms with Gasteiger partial charge in [0.05, 0.1) is 0 Å². The fourth-order valence-corrected chi connectivity index (χ4v) is 0.253. The third-order valence-corrected chi connectivity index (χ3v) is 0.555. The van der Waals surface area contributed by atoms with Gasteiger partial charge in [0.2, 0.25) is 0 Å². The molecule has 8 heavy (non-hydrogen) atoms. The van der Waals surface area contributed by atoms with Gasteiger partial charge in [0.25, 0.3) is 0 Å². The van der Waals surface area contributed by atoms with Crippen LogP contribution >= 0.6 is 0 Å². The maximum absolute atomic E-state index is 3.50. The summed E-state index contributed by atoms with van der Waals surface area (Å²) in [7, 11) is 0. The van der Waals surface area contributed by atoms with E-state index in [2.05, 4.69) is 27.2 Å². The second-order valence-corrected chi connectivity index (χ2v) is 0.991. The fourth-order valence-electron chi connectivity index (χ4n) is 0.253. The molecule has 5 heteroatoms. The predicted octanol–water partition coefficient (Wildman–Crippen LogP) is -0.806. The van der Waals surface area contributed by atoms with Crippen LogP contribution in [0.3, 0.4) is 0 Å². The molecule has 0 aliphatic carbocycles. The van der Waals surface area contributed by atoms with Crippen molar-refractivity contribution >= 4 is 57.5 Å². The van der Waals surface area contributed by atoms with Gasteiger partial charge in [-0.05, 0) is 16.5 Å². The second kappa shape index (κ2) is 4.34. The van der Waals surface area contributed by atoms with Crippen LogP contribution in [-0.2, 0) is 0 Å². The SMILES string of the molecule is C=Cc1nnn[nH]1.[KH]. The summed E-state index contributed by atoms with van der Waals surface area (Å²) < 4.78 is 0. The number of hydrogen-bond acceptors (Lipinski definition) is 3. The zero-order valence-electron chi connectivity index (χ0n) is 3.63. The van der Waals surface area contributed by atoms with Gasteiger partial charge >= 0.3 is 51.4 Å². The fraction of sp³-hybridized carbons (Fsp3) is 0. The summed E-state index contributed by atoms with van der Waals surface area (Å²) in [5, 5.41) is 12.6. The number of aromatic nitrogens is 4. The first-order valence-electron chi connectivity index (χ1n) is 1.79. The molecule has 0 unspecified atom stereocenters. The summed E-state index contributed by atoms with van der Waals surface area (Å²) >= 11 is 0. The van der Waals surface area contributed by atoms with Gasteiger partial charge in [-0.3, -0.25) is 0 Å². The molecule has 4 nitrogen and oxygen atoms in total. The van der Waals surface area contributed by atoms with E-state index in [0.717, 1.165) is 0 Å². The first-order chi connectivity index (χ1) is 3.43. The maximum atomic E-state index is 3.50. The Labute approximate surface area is 89.2 Å². The van der Waals surface area contributed by atoms with Crippen LogP contribution < -0.4 is 0 Å². The van der Waals surface area contributed by atoms with Crippen molar-refractivity contribution in [2.75, 3.05) is 0 Å². The Morgan fingerprint density at radius 2 is 2.38 bits per heavy atom. The quantitative estimate of drug-likeness (QED) is 0.514. The summed E-state index contributed by atoms with van der Waals surface area (Å²) in [5.41, 5.74) is 0. The molecule has 0 aliphatic rings. The molecular weight excluding hydrogens is 131 g/mol. The number of H-pyrrole nitrogens is 1. The summed E-state index contributed by atoms with van der Waals surface area (Å²) in [5.74, 6) is 0.597. The van der Waals surface area contributed by atoms with E-state index in [4.69, 9.17) is 0 Å². The molecule has 0 saturated heterocycles. The standard InChI is InChI=1S/C3H4N4.K.H/c1-2-3-4-6-7-5-3;;/h2H,1H2,(H,4,5,6,7);;. The van der Waals surface area contributed by atoms with E-state index < -0.39 is 0 Å². The average molecular weight is 136 g/mol. The van der Waals surface area contributed by atoms with Crippen LogP contribution in [0.25, 0.3) is 6.08 Å². The number of rotatable bonds is 1. The Morgan fingerprint density at radius 1 is 1.62 bits per heavy atom. The van der Waals surface area contributed by atoms with Gasteiger partial charge in [-0.2, -0.15) is 0 Å². The van der Waals surface area contributed by atoms with Crippen LogP contribution in [0, 0.1) is 0 Å². The Morgan fingerprint density at radius 3 is 2.62 bits per heavy atom. The van der Waals surface area contributed by atoms with Crippen molar-refractivity contribution in [2.45, 2.75) is 0 Å². The van der Waals surface area contributed by atoms with E-state index in [-0.39, 0.29) is 51.4 Å². The van der Waals surface area contributed by atoms with E-state index in [9.17, 15) is 0 Å². The predicted molar refractivity (Wildman–Crippen MR) is 31.4 cm³/mol.